The zero-order chi connectivity index (χ0) is 28.7. The summed E-state index contributed by atoms with van der Waals surface area (Å²) in [6, 6.07) is 30.4. The van der Waals surface area contributed by atoms with Crippen molar-refractivity contribution in [2.75, 3.05) is 16.8 Å². The highest BCUT2D eigenvalue weighted by Crippen LogP contribution is 2.47. The molecule has 1 aliphatic heterocycles. The third kappa shape index (κ3) is 4.24. The number of anilines is 3. The maximum atomic E-state index is 9.81. The molecule has 196 valence electrons. The third-order valence-electron chi connectivity index (χ3n) is 7.42. The molecule has 0 amide bonds. The standard InChI is InChI=1S/C33H23N7S/c34-16-18-12-26(36)29(27(37)13-18)20-10-11-23-28(14-20)39-32(19-6-2-1-3-7-19)25-15-24(33(40-41)31(38)30(23)25)22-9-5-4-8-21(22)17-35/h1-15,32,38-39,41H,36-37H2/b38-31?,40-33-. The van der Waals surface area contributed by atoms with Crippen molar-refractivity contribution < 1.29 is 0 Å². The van der Waals surface area contributed by atoms with Gasteiger partial charge in [-0.3, -0.25) is 5.41 Å². The highest BCUT2D eigenvalue weighted by Gasteiger charge is 2.36. The Morgan fingerprint density at radius 2 is 1.56 bits per heavy atom. The number of rotatable bonds is 3. The lowest BCUT2D eigenvalue weighted by Crippen LogP contribution is -2.29. The molecule has 8 heteroatoms. The summed E-state index contributed by atoms with van der Waals surface area (Å²) < 4.78 is 4.22. The van der Waals surface area contributed by atoms with E-state index in [9.17, 15) is 15.9 Å². The van der Waals surface area contributed by atoms with Gasteiger partial charge in [0.15, 0.2) is 0 Å². The van der Waals surface area contributed by atoms with E-state index in [-0.39, 0.29) is 11.8 Å². The molecule has 0 saturated carbocycles. The first-order valence-electron chi connectivity index (χ1n) is 12.8. The molecule has 6 N–H and O–H groups in total. The summed E-state index contributed by atoms with van der Waals surface area (Å²) in [7, 11) is 0. The van der Waals surface area contributed by atoms with E-state index in [0.29, 0.717) is 44.9 Å². The van der Waals surface area contributed by atoms with Crippen molar-refractivity contribution in [3.63, 3.8) is 0 Å². The molecule has 1 atom stereocenters. The van der Waals surface area contributed by atoms with Gasteiger partial charge in [0.1, 0.15) is 5.71 Å². The second-order valence-electron chi connectivity index (χ2n) is 9.76. The highest BCUT2D eigenvalue weighted by molar-refractivity contribution is 7.79. The molecule has 0 radical (unpaired) electrons. The van der Waals surface area contributed by atoms with Crippen LogP contribution >= 0.6 is 12.8 Å². The molecule has 7 nitrogen and oxygen atoms in total. The van der Waals surface area contributed by atoms with Crippen LogP contribution in [0.5, 0.6) is 0 Å². The van der Waals surface area contributed by atoms with Gasteiger partial charge in [-0.05, 0) is 59.9 Å². The van der Waals surface area contributed by atoms with E-state index in [4.69, 9.17) is 11.5 Å². The van der Waals surface area contributed by atoms with Crippen LogP contribution in [0, 0.1) is 28.1 Å². The van der Waals surface area contributed by atoms with E-state index in [0.717, 1.165) is 33.5 Å². The van der Waals surface area contributed by atoms with Crippen molar-refractivity contribution in [3.05, 3.63) is 124 Å². The average Bonchev–Trinajstić information content (AvgIpc) is 3.00. The summed E-state index contributed by atoms with van der Waals surface area (Å²) in [5, 5.41) is 32.1. The Kier molecular flexibility index (Phi) is 6.39. The number of nitrogen functional groups attached to an aromatic ring is 2. The van der Waals surface area contributed by atoms with Crippen molar-refractivity contribution in [2.24, 2.45) is 4.40 Å². The Bertz CT molecular complexity index is 1920. The molecular formula is C33H23N7S. The number of hydrogen-bond acceptors (Lipinski definition) is 8. The number of nitrogens with two attached hydrogens (primary N) is 2. The van der Waals surface area contributed by atoms with Gasteiger partial charge in [0.2, 0.25) is 0 Å². The molecule has 4 aromatic carbocycles. The van der Waals surface area contributed by atoms with Crippen LogP contribution in [0.3, 0.4) is 0 Å². The second-order valence-corrected chi connectivity index (χ2v) is 9.96. The normalized spacial score (nSPS) is 16.7. The van der Waals surface area contributed by atoms with E-state index >= 15 is 0 Å². The number of nitriles is 2. The molecule has 4 aromatic rings. The maximum Gasteiger partial charge on any atom is 0.104 e. The van der Waals surface area contributed by atoms with Gasteiger partial charge < -0.3 is 16.8 Å². The van der Waals surface area contributed by atoms with Gasteiger partial charge in [0.05, 0.1) is 35.0 Å². The van der Waals surface area contributed by atoms with Crippen LogP contribution in [-0.4, -0.2) is 11.4 Å². The lowest BCUT2D eigenvalue weighted by atomic mass is 9.76. The predicted octanol–water partition coefficient (Wildman–Crippen LogP) is 6.58. The molecule has 1 aliphatic carbocycles. The zero-order valence-corrected chi connectivity index (χ0v) is 22.6. The molecule has 1 heterocycles. The summed E-state index contributed by atoms with van der Waals surface area (Å²) >= 11 is 4.25. The van der Waals surface area contributed by atoms with E-state index in [1.54, 1.807) is 18.2 Å². The zero-order valence-electron chi connectivity index (χ0n) is 21.7. The van der Waals surface area contributed by atoms with Crippen LogP contribution in [0.2, 0.25) is 0 Å². The fourth-order valence-corrected chi connectivity index (χ4v) is 5.81. The molecule has 41 heavy (non-hydrogen) atoms. The van der Waals surface area contributed by atoms with Crippen LogP contribution in [-0.2, 0) is 0 Å². The van der Waals surface area contributed by atoms with E-state index in [1.807, 2.05) is 72.8 Å². The van der Waals surface area contributed by atoms with Crippen molar-refractivity contribution in [1.29, 1.82) is 15.9 Å². The monoisotopic (exact) mass is 549 g/mol. The molecule has 0 saturated heterocycles. The number of nitrogens with one attached hydrogen (secondary N) is 2. The first kappa shape index (κ1) is 25.7. The van der Waals surface area contributed by atoms with Crippen molar-refractivity contribution in [3.8, 4) is 23.3 Å². The van der Waals surface area contributed by atoms with Crippen LogP contribution in [0.4, 0.5) is 17.1 Å². The minimum atomic E-state index is -0.296. The topological polar surface area (TPSA) is 148 Å². The Morgan fingerprint density at radius 1 is 0.854 bits per heavy atom. The highest BCUT2D eigenvalue weighted by atomic mass is 32.1. The van der Waals surface area contributed by atoms with Crippen LogP contribution in [0.1, 0.15) is 33.9 Å². The van der Waals surface area contributed by atoms with E-state index in [2.05, 4.69) is 34.7 Å². The van der Waals surface area contributed by atoms with Gasteiger partial charge in [0.25, 0.3) is 0 Å². The lowest BCUT2D eigenvalue weighted by molar-refractivity contribution is 0.931. The van der Waals surface area contributed by atoms with Crippen LogP contribution in [0.15, 0.2) is 101 Å². The minimum Gasteiger partial charge on any atom is -0.398 e. The molecule has 0 spiro atoms. The molecular weight excluding hydrogens is 526 g/mol. The molecule has 6 rings (SSSR count). The van der Waals surface area contributed by atoms with Crippen LogP contribution in [0.25, 0.3) is 22.3 Å². The predicted molar refractivity (Wildman–Crippen MR) is 168 cm³/mol. The van der Waals surface area contributed by atoms with Gasteiger partial charge in [0, 0.05) is 44.9 Å². The largest absolute Gasteiger partial charge is 0.398 e. The summed E-state index contributed by atoms with van der Waals surface area (Å²) in [6.07, 6.45) is 2.01. The summed E-state index contributed by atoms with van der Waals surface area (Å²) in [5.41, 5.74) is 22.0. The smallest absolute Gasteiger partial charge is 0.104 e. The number of nitrogens with zero attached hydrogens (tertiary/aromatic N) is 3. The van der Waals surface area contributed by atoms with Gasteiger partial charge in [-0.25, -0.2) is 4.40 Å². The Hall–Kier alpha value is -5.57. The average molecular weight is 550 g/mol. The second kappa shape index (κ2) is 10.2. The lowest BCUT2D eigenvalue weighted by Gasteiger charge is -2.35. The van der Waals surface area contributed by atoms with Crippen molar-refractivity contribution >= 4 is 52.4 Å². The van der Waals surface area contributed by atoms with Gasteiger partial charge >= 0.3 is 0 Å². The molecule has 0 aromatic heterocycles. The maximum absolute atomic E-state index is 9.81. The fraction of sp³-hybridized carbons (Fsp3) is 0.0303. The van der Waals surface area contributed by atoms with Crippen molar-refractivity contribution in [1.82, 2.24) is 0 Å². The van der Waals surface area contributed by atoms with Gasteiger partial charge in [-0.15, -0.1) is 0 Å². The minimum absolute atomic E-state index is 0.217. The number of thiol groups is 1. The number of fused-ring (bicyclic) bond motifs is 2. The molecule has 1 unspecified atom stereocenters. The molecule has 2 aliphatic rings. The summed E-state index contributed by atoms with van der Waals surface area (Å²) in [5.74, 6) is 0. The summed E-state index contributed by atoms with van der Waals surface area (Å²) in [4.78, 5) is 0. The van der Waals surface area contributed by atoms with E-state index < -0.39 is 0 Å². The Morgan fingerprint density at radius 3 is 2.24 bits per heavy atom. The third-order valence-corrected chi connectivity index (χ3v) is 7.62. The first-order valence-corrected chi connectivity index (χ1v) is 13.2. The van der Waals surface area contributed by atoms with Crippen LogP contribution < -0.4 is 16.8 Å². The molecule has 0 bridgehead atoms. The van der Waals surface area contributed by atoms with Crippen molar-refractivity contribution in [2.45, 2.75) is 6.04 Å². The first-order chi connectivity index (χ1) is 19.9. The number of benzene rings is 4. The van der Waals surface area contributed by atoms with E-state index in [1.165, 1.54) is 0 Å². The van der Waals surface area contributed by atoms with Gasteiger partial charge in [-0.1, -0.05) is 60.7 Å². The Labute approximate surface area is 242 Å². The SMILES string of the molecule is N#Cc1cc(N)c(-c2ccc3c(c2)NC(c2ccccc2)C2=C3C(=N)/C(=N\S)C(c3ccccc3C#N)=C2)c(N)c1. The summed E-state index contributed by atoms with van der Waals surface area (Å²) in [6.45, 7) is 0. The van der Waals surface area contributed by atoms with Gasteiger partial charge in [-0.2, -0.15) is 10.5 Å². The number of hydrogen-bond donors (Lipinski definition) is 5. The number of allylic oxidation sites excluding steroid dienone is 2. The quantitative estimate of drug-likeness (QED) is 0.111. The molecule has 0 fully saturated rings. The Balaban J connectivity index is 1.60. The fourth-order valence-electron chi connectivity index (χ4n) is 5.60.